The van der Waals surface area contributed by atoms with Gasteiger partial charge in [-0.2, -0.15) is 5.10 Å². The first kappa shape index (κ1) is 15.6. The van der Waals surface area contributed by atoms with E-state index in [1.165, 1.54) is 0 Å². The Kier molecular flexibility index (Phi) is 5.01. The number of para-hydroxylation sites is 1. The third-order valence-electron chi connectivity index (χ3n) is 3.11. The van der Waals surface area contributed by atoms with Gasteiger partial charge >= 0.3 is 0 Å². The highest BCUT2D eigenvalue weighted by Crippen LogP contribution is 2.22. The fourth-order valence-electron chi connectivity index (χ4n) is 2.16. The molecule has 0 bridgehead atoms. The molecule has 6 heteroatoms. The predicted molar refractivity (Wildman–Crippen MR) is 84.2 cm³/mol. The van der Waals surface area contributed by atoms with Crippen molar-refractivity contribution in [1.29, 1.82) is 0 Å². The van der Waals surface area contributed by atoms with E-state index in [0.29, 0.717) is 30.1 Å². The Morgan fingerprint density at radius 1 is 1.29 bits per heavy atom. The average Bonchev–Trinajstić information content (AvgIpc) is 2.85. The first-order valence-corrected chi connectivity index (χ1v) is 8.73. The number of hydrogen-bond acceptors (Lipinski definition) is 4. The zero-order valence-corrected chi connectivity index (χ0v) is 13.2. The molecule has 0 spiro atoms. The molecular formula is C15H21N3O2S. The Bertz CT molecular complexity index is 692. The van der Waals surface area contributed by atoms with E-state index in [1.807, 2.05) is 30.8 Å². The fraction of sp³-hybridized carbons (Fsp3) is 0.400. The molecule has 21 heavy (non-hydrogen) atoms. The standard InChI is InChI=1S/C15H21N3O2S/c1-3-10-21(19,20)15-7-5-4-6-14(15)16-8-9-18-12-13(2)11-17-18/h4-7,11-12,16H,3,8-10H2,1-2H3. The largest absolute Gasteiger partial charge is 0.382 e. The molecule has 2 rings (SSSR count). The van der Waals surface area contributed by atoms with E-state index in [2.05, 4.69) is 10.4 Å². The zero-order valence-electron chi connectivity index (χ0n) is 12.4. The van der Waals surface area contributed by atoms with Crippen molar-refractivity contribution in [3.63, 3.8) is 0 Å². The van der Waals surface area contributed by atoms with Crippen molar-refractivity contribution in [1.82, 2.24) is 9.78 Å². The van der Waals surface area contributed by atoms with E-state index < -0.39 is 9.84 Å². The van der Waals surface area contributed by atoms with Gasteiger partial charge in [0.05, 0.1) is 29.1 Å². The van der Waals surface area contributed by atoms with E-state index >= 15 is 0 Å². The number of nitrogens with one attached hydrogen (secondary N) is 1. The van der Waals surface area contributed by atoms with Gasteiger partial charge in [0.25, 0.3) is 0 Å². The number of sulfone groups is 1. The van der Waals surface area contributed by atoms with E-state index in [0.717, 1.165) is 5.56 Å². The van der Waals surface area contributed by atoms with Crippen LogP contribution in [0.4, 0.5) is 5.69 Å². The molecule has 114 valence electrons. The molecule has 2 aromatic rings. The van der Waals surface area contributed by atoms with E-state index in [1.54, 1.807) is 24.4 Å². The lowest BCUT2D eigenvalue weighted by molar-refractivity contribution is 0.594. The summed E-state index contributed by atoms with van der Waals surface area (Å²) >= 11 is 0. The van der Waals surface area contributed by atoms with Gasteiger partial charge in [0.1, 0.15) is 0 Å². The van der Waals surface area contributed by atoms with Crippen molar-refractivity contribution >= 4 is 15.5 Å². The summed E-state index contributed by atoms with van der Waals surface area (Å²) < 4.78 is 26.3. The van der Waals surface area contributed by atoms with Crippen LogP contribution in [0.3, 0.4) is 0 Å². The lowest BCUT2D eigenvalue weighted by Crippen LogP contribution is -2.14. The number of nitrogens with zero attached hydrogens (tertiary/aromatic N) is 2. The quantitative estimate of drug-likeness (QED) is 0.853. The van der Waals surface area contributed by atoms with Gasteiger partial charge < -0.3 is 5.32 Å². The van der Waals surface area contributed by atoms with Gasteiger partial charge in [-0.15, -0.1) is 0 Å². The molecule has 0 aliphatic rings. The fourth-order valence-corrected chi connectivity index (χ4v) is 3.68. The Morgan fingerprint density at radius 2 is 2.05 bits per heavy atom. The normalized spacial score (nSPS) is 11.5. The van der Waals surface area contributed by atoms with Crippen molar-refractivity contribution in [2.45, 2.75) is 31.7 Å². The maximum atomic E-state index is 12.2. The third-order valence-corrected chi connectivity index (χ3v) is 5.09. The monoisotopic (exact) mass is 307 g/mol. The van der Waals surface area contributed by atoms with Crippen LogP contribution in [0.25, 0.3) is 0 Å². The highest BCUT2D eigenvalue weighted by atomic mass is 32.2. The van der Waals surface area contributed by atoms with Crippen molar-refractivity contribution in [2.24, 2.45) is 0 Å². The summed E-state index contributed by atoms with van der Waals surface area (Å²) in [6.07, 6.45) is 4.38. The minimum Gasteiger partial charge on any atom is -0.382 e. The Hall–Kier alpha value is -1.82. The Balaban J connectivity index is 2.06. The molecule has 5 nitrogen and oxygen atoms in total. The number of hydrogen-bond donors (Lipinski definition) is 1. The van der Waals surface area contributed by atoms with E-state index in [9.17, 15) is 8.42 Å². The minimum atomic E-state index is -3.22. The first-order valence-electron chi connectivity index (χ1n) is 7.07. The molecule has 1 heterocycles. The molecule has 0 aliphatic heterocycles. The molecule has 0 unspecified atom stereocenters. The van der Waals surface area contributed by atoms with Crippen LogP contribution in [0.5, 0.6) is 0 Å². The summed E-state index contributed by atoms with van der Waals surface area (Å²) in [6, 6.07) is 7.05. The predicted octanol–water partition coefficient (Wildman–Crippen LogP) is 2.49. The Morgan fingerprint density at radius 3 is 2.71 bits per heavy atom. The average molecular weight is 307 g/mol. The highest BCUT2D eigenvalue weighted by molar-refractivity contribution is 7.91. The Labute approximate surface area is 125 Å². The van der Waals surface area contributed by atoms with Crippen molar-refractivity contribution in [2.75, 3.05) is 17.6 Å². The van der Waals surface area contributed by atoms with Gasteiger partial charge in [0.2, 0.25) is 0 Å². The zero-order chi connectivity index (χ0) is 15.3. The molecule has 1 aromatic heterocycles. The van der Waals surface area contributed by atoms with Crippen LogP contribution in [0.15, 0.2) is 41.6 Å². The molecule has 0 saturated heterocycles. The van der Waals surface area contributed by atoms with Crippen molar-refractivity contribution in [3.05, 3.63) is 42.2 Å². The molecule has 1 aromatic carbocycles. The van der Waals surface area contributed by atoms with Gasteiger partial charge in [-0.05, 0) is 31.0 Å². The molecule has 0 aliphatic carbocycles. The summed E-state index contributed by atoms with van der Waals surface area (Å²) in [7, 11) is -3.22. The molecular weight excluding hydrogens is 286 g/mol. The summed E-state index contributed by atoms with van der Waals surface area (Å²) in [6.45, 7) is 5.17. The SMILES string of the molecule is CCCS(=O)(=O)c1ccccc1NCCn1cc(C)cn1. The second kappa shape index (κ2) is 6.76. The number of aryl methyl sites for hydroxylation is 1. The molecule has 0 radical (unpaired) electrons. The summed E-state index contributed by atoms with van der Waals surface area (Å²) in [5, 5.41) is 7.40. The van der Waals surface area contributed by atoms with Crippen molar-refractivity contribution in [3.8, 4) is 0 Å². The second-order valence-electron chi connectivity index (χ2n) is 5.02. The number of anilines is 1. The van der Waals surface area contributed by atoms with Gasteiger partial charge in [-0.1, -0.05) is 19.1 Å². The lowest BCUT2D eigenvalue weighted by atomic mass is 10.3. The van der Waals surface area contributed by atoms with Gasteiger partial charge in [0.15, 0.2) is 9.84 Å². The van der Waals surface area contributed by atoms with Crippen LogP contribution in [-0.2, 0) is 16.4 Å². The number of benzene rings is 1. The minimum absolute atomic E-state index is 0.171. The van der Waals surface area contributed by atoms with Crippen LogP contribution < -0.4 is 5.32 Å². The van der Waals surface area contributed by atoms with E-state index in [-0.39, 0.29) is 5.75 Å². The molecule has 0 fully saturated rings. The van der Waals surface area contributed by atoms with Crippen LogP contribution in [0.2, 0.25) is 0 Å². The lowest BCUT2D eigenvalue weighted by Gasteiger charge is -2.12. The third kappa shape index (κ3) is 4.07. The number of aromatic nitrogens is 2. The molecule has 0 saturated carbocycles. The molecule has 0 atom stereocenters. The van der Waals surface area contributed by atoms with Gasteiger partial charge in [-0.25, -0.2) is 8.42 Å². The topological polar surface area (TPSA) is 64.0 Å². The van der Waals surface area contributed by atoms with Crippen LogP contribution in [-0.4, -0.2) is 30.5 Å². The van der Waals surface area contributed by atoms with Crippen molar-refractivity contribution < 1.29 is 8.42 Å². The summed E-state index contributed by atoms with van der Waals surface area (Å²) in [5.74, 6) is 0.171. The smallest absolute Gasteiger partial charge is 0.180 e. The first-order chi connectivity index (χ1) is 10.0. The summed E-state index contributed by atoms with van der Waals surface area (Å²) in [5.41, 5.74) is 1.77. The highest BCUT2D eigenvalue weighted by Gasteiger charge is 2.16. The van der Waals surface area contributed by atoms with Crippen LogP contribution >= 0.6 is 0 Å². The number of rotatable bonds is 7. The van der Waals surface area contributed by atoms with Crippen LogP contribution in [0, 0.1) is 6.92 Å². The van der Waals surface area contributed by atoms with Crippen LogP contribution in [0.1, 0.15) is 18.9 Å². The maximum absolute atomic E-state index is 12.2. The van der Waals surface area contributed by atoms with Gasteiger partial charge in [0, 0.05) is 12.7 Å². The van der Waals surface area contributed by atoms with E-state index in [4.69, 9.17) is 0 Å². The summed E-state index contributed by atoms with van der Waals surface area (Å²) in [4.78, 5) is 0.378. The molecule has 1 N–H and O–H groups in total. The maximum Gasteiger partial charge on any atom is 0.180 e. The molecule has 0 amide bonds. The second-order valence-corrected chi connectivity index (χ2v) is 7.10. The van der Waals surface area contributed by atoms with Gasteiger partial charge in [-0.3, -0.25) is 4.68 Å².